The van der Waals surface area contributed by atoms with Crippen LogP contribution in [0.1, 0.15) is 30.4 Å². The Morgan fingerprint density at radius 1 is 1.10 bits per heavy atom. The van der Waals surface area contributed by atoms with Gasteiger partial charge in [-0.05, 0) is 30.0 Å². The molecular formula is C22H27IN6. The second kappa shape index (κ2) is 9.87. The molecule has 0 spiro atoms. The molecule has 1 aliphatic carbocycles. The normalized spacial score (nSPS) is 15.1. The quantitative estimate of drug-likeness (QED) is 0.272. The van der Waals surface area contributed by atoms with Gasteiger partial charge in [0.05, 0.1) is 0 Å². The average molecular weight is 502 g/mol. The zero-order chi connectivity index (χ0) is 19.2. The lowest BCUT2D eigenvalue weighted by Gasteiger charge is -2.43. The molecule has 2 aromatic carbocycles. The highest BCUT2D eigenvalue weighted by Gasteiger charge is 2.38. The summed E-state index contributed by atoms with van der Waals surface area (Å²) in [4.78, 5) is 8.61. The highest BCUT2D eigenvalue weighted by atomic mass is 127. The van der Waals surface area contributed by atoms with Crippen molar-refractivity contribution in [3.05, 3.63) is 72.1 Å². The van der Waals surface area contributed by atoms with Gasteiger partial charge in [-0.15, -0.1) is 24.0 Å². The number of benzene rings is 2. The van der Waals surface area contributed by atoms with Crippen LogP contribution in [0.25, 0.3) is 11.4 Å². The predicted octanol–water partition coefficient (Wildman–Crippen LogP) is 3.88. The molecule has 0 atom stereocenters. The summed E-state index contributed by atoms with van der Waals surface area (Å²) in [6.07, 6.45) is 5.26. The number of halogens is 1. The smallest absolute Gasteiger partial charge is 0.191 e. The Bertz CT molecular complexity index is 919. The van der Waals surface area contributed by atoms with E-state index in [2.05, 4.69) is 73.3 Å². The zero-order valence-electron chi connectivity index (χ0n) is 16.6. The number of rotatable bonds is 6. The summed E-state index contributed by atoms with van der Waals surface area (Å²) < 4.78 is 0. The number of guanidine groups is 1. The molecule has 0 saturated heterocycles. The van der Waals surface area contributed by atoms with Crippen molar-refractivity contribution >= 4 is 29.9 Å². The first-order valence-corrected chi connectivity index (χ1v) is 9.74. The van der Waals surface area contributed by atoms with Crippen LogP contribution in [0.4, 0.5) is 0 Å². The van der Waals surface area contributed by atoms with E-state index in [1.165, 1.54) is 36.7 Å². The summed E-state index contributed by atoms with van der Waals surface area (Å²) in [6, 6.07) is 19.1. The van der Waals surface area contributed by atoms with Crippen LogP contribution < -0.4 is 10.6 Å². The van der Waals surface area contributed by atoms with E-state index in [4.69, 9.17) is 0 Å². The van der Waals surface area contributed by atoms with Crippen molar-refractivity contribution < 1.29 is 0 Å². The molecule has 6 nitrogen and oxygen atoms in total. The summed E-state index contributed by atoms with van der Waals surface area (Å²) >= 11 is 0. The Labute approximate surface area is 188 Å². The van der Waals surface area contributed by atoms with Gasteiger partial charge in [0.25, 0.3) is 0 Å². The lowest BCUT2D eigenvalue weighted by atomic mass is 9.64. The van der Waals surface area contributed by atoms with E-state index in [0.29, 0.717) is 6.54 Å². The van der Waals surface area contributed by atoms with Crippen LogP contribution in [-0.4, -0.2) is 34.7 Å². The maximum atomic E-state index is 4.40. The number of H-pyrrole nitrogens is 1. The highest BCUT2D eigenvalue weighted by molar-refractivity contribution is 14.0. The van der Waals surface area contributed by atoms with Crippen molar-refractivity contribution in [1.82, 2.24) is 25.8 Å². The first-order valence-electron chi connectivity index (χ1n) is 9.74. The van der Waals surface area contributed by atoms with Crippen LogP contribution in [-0.2, 0) is 12.0 Å². The molecule has 29 heavy (non-hydrogen) atoms. The van der Waals surface area contributed by atoms with E-state index in [0.717, 1.165) is 23.9 Å². The van der Waals surface area contributed by atoms with Gasteiger partial charge in [0.15, 0.2) is 11.8 Å². The lowest BCUT2D eigenvalue weighted by molar-refractivity contribution is 0.244. The molecule has 0 bridgehead atoms. The Morgan fingerprint density at radius 2 is 1.93 bits per heavy atom. The fourth-order valence-corrected chi connectivity index (χ4v) is 3.80. The summed E-state index contributed by atoms with van der Waals surface area (Å²) in [5.41, 5.74) is 3.84. The van der Waals surface area contributed by atoms with Gasteiger partial charge in [0.1, 0.15) is 6.33 Å². The number of hydrogen-bond acceptors (Lipinski definition) is 3. The van der Waals surface area contributed by atoms with Gasteiger partial charge >= 0.3 is 0 Å². The third kappa shape index (κ3) is 4.95. The van der Waals surface area contributed by atoms with Crippen LogP contribution in [0.15, 0.2) is 65.9 Å². The van der Waals surface area contributed by atoms with E-state index < -0.39 is 0 Å². The fourth-order valence-electron chi connectivity index (χ4n) is 3.80. The average Bonchev–Trinajstić information content (AvgIpc) is 3.25. The maximum absolute atomic E-state index is 4.40. The molecule has 152 valence electrons. The topological polar surface area (TPSA) is 78.0 Å². The van der Waals surface area contributed by atoms with Crippen LogP contribution in [0, 0.1) is 0 Å². The zero-order valence-corrected chi connectivity index (χ0v) is 18.9. The fraction of sp³-hybridized carbons (Fsp3) is 0.318. The second-order valence-corrected chi connectivity index (χ2v) is 7.31. The maximum Gasteiger partial charge on any atom is 0.191 e. The third-order valence-electron chi connectivity index (χ3n) is 5.59. The lowest BCUT2D eigenvalue weighted by Crippen LogP contribution is -2.48. The number of hydrogen-bond donors (Lipinski definition) is 3. The van der Waals surface area contributed by atoms with Gasteiger partial charge < -0.3 is 10.6 Å². The largest absolute Gasteiger partial charge is 0.356 e. The monoisotopic (exact) mass is 502 g/mol. The molecule has 0 amide bonds. The second-order valence-electron chi connectivity index (χ2n) is 7.31. The van der Waals surface area contributed by atoms with Crippen molar-refractivity contribution in [2.45, 2.75) is 31.2 Å². The van der Waals surface area contributed by atoms with Gasteiger partial charge in [-0.2, -0.15) is 5.10 Å². The molecular weight excluding hydrogens is 475 g/mol. The number of nitrogens with one attached hydrogen (secondary N) is 3. The van der Waals surface area contributed by atoms with Gasteiger partial charge in [0.2, 0.25) is 0 Å². The molecule has 1 heterocycles. The Kier molecular flexibility index (Phi) is 7.24. The molecule has 3 N–H and O–H groups in total. The standard InChI is InChI=1S/C22H26N6.HI/c1-23-21(25-15-22(11-6-12-22)19-9-3-2-4-10-19)24-14-17-7-5-8-18(13-17)20-26-16-27-28-20;/h2-5,7-10,13,16H,6,11-12,14-15H2,1H3,(H2,23,24,25)(H,26,27,28);1H. The molecule has 4 rings (SSSR count). The van der Waals surface area contributed by atoms with Crippen LogP contribution in [0.5, 0.6) is 0 Å². The minimum Gasteiger partial charge on any atom is -0.356 e. The van der Waals surface area contributed by atoms with Crippen LogP contribution in [0.3, 0.4) is 0 Å². The van der Waals surface area contributed by atoms with Gasteiger partial charge in [-0.3, -0.25) is 10.1 Å². The van der Waals surface area contributed by atoms with Crippen molar-refractivity contribution in [2.24, 2.45) is 4.99 Å². The van der Waals surface area contributed by atoms with E-state index >= 15 is 0 Å². The SMILES string of the molecule is CN=C(NCc1cccc(-c2ncn[nH]2)c1)NCC1(c2ccccc2)CCC1.I. The molecule has 0 unspecified atom stereocenters. The highest BCUT2D eigenvalue weighted by Crippen LogP contribution is 2.43. The summed E-state index contributed by atoms with van der Waals surface area (Å²) in [5, 5.41) is 13.8. The third-order valence-corrected chi connectivity index (χ3v) is 5.59. The van der Waals surface area contributed by atoms with E-state index in [9.17, 15) is 0 Å². The van der Waals surface area contributed by atoms with Gasteiger partial charge in [-0.1, -0.05) is 55.0 Å². The van der Waals surface area contributed by atoms with Crippen molar-refractivity contribution in [3.8, 4) is 11.4 Å². The van der Waals surface area contributed by atoms with Crippen LogP contribution >= 0.6 is 24.0 Å². The Balaban J connectivity index is 0.00000240. The van der Waals surface area contributed by atoms with Crippen molar-refractivity contribution in [2.75, 3.05) is 13.6 Å². The van der Waals surface area contributed by atoms with E-state index in [-0.39, 0.29) is 29.4 Å². The van der Waals surface area contributed by atoms with E-state index in [1.54, 1.807) is 0 Å². The number of nitrogens with zero attached hydrogens (tertiary/aromatic N) is 3. The molecule has 1 aliphatic rings. The van der Waals surface area contributed by atoms with Crippen molar-refractivity contribution in [1.29, 1.82) is 0 Å². The molecule has 1 fully saturated rings. The minimum absolute atomic E-state index is 0. The minimum atomic E-state index is 0. The molecule has 3 aromatic rings. The molecule has 7 heteroatoms. The Hall–Kier alpha value is -2.42. The molecule has 1 aromatic heterocycles. The van der Waals surface area contributed by atoms with Crippen LogP contribution in [0.2, 0.25) is 0 Å². The first-order chi connectivity index (χ1) is 13.8. The molecule has 1 saturated carbocycles. The number of aliphatic imine (C=N–C) groups is 1. The number of aromatic amines is 1. The van der Waals surface area contributed by atoms with Gasteiger partial charge in [0, 0.05) is 31.1 Å². The summed E-state index contributed by atoms with van der Waals surface area (Å²) in [5.74, 6) is 1.60. The van der Waals surface area contributed by atoms with Crippen molar-refractivity contribution in [3.63, 3.8) is 0 Å². The Morgan fingerprint density at radius 3 is 2.59 bits per heavy atom. The van der Waals surface area contributed by atoms with E-state index in [1.807, 2.05) is 19.2 Å². The van der Waals surface area contributed by atoms with Gasteiger partial charge in [-0.25, -0.2) is 4.98 Å². The first kappa shape index (κ1) is 21.3. The molecule has 0 aliphatic heterocycles. The molecule has 0 radical (unpaired) electrons. The summed E-state index contributed by atoms with van der Waals surface area (Å²) in [6.45, 7) is 1.59. The number of aromatic nitrogens is 3. The summed E-state index contributed by atoms with van der Waals surface area (Å²) in [7, 11) is 1.82. The predicted molar refractivity (Wildman–Crippen MR) is 127 cm³/mol.